The van der Waals surface area contributed by atoms with Crippen LogP contribution in [-0.2, 0) is 29.5 Å². The molecule has 15 heteroatoms. The van der Waals surface area contributed by atoms with Gasteiger partial charge in [-0.15, -0.1) is 6.58 Å². The number of likely N-dealkylation sites (tertiary alicyclic amines) is 1. The zero-order chi connectivity index (χ0) is 33.0. The first-order chi connectivity index (χ1) is 21.2. The van der Waals surface area contributed by atoms with Crippen LogP contribution in [0, 0.1) is 5.92 Å². The van der Waals surface area contributed by atoms with Crippen molar-refractivity contribution in [2.45, 2.75) is 93.3 Å². The summed E-state index contributed by atoms with van der Waals surface area (Å²) in [5.41, 5.74) is -1.48. The molecule has 248 valence electrons. The summed E-state index contributed by atoms with van der Waals surface area (Å²) in [5.74, 6) is -2.38. The highest BCUT2D eigenvalue weighted by Gasteiger charge is 2.67. The zero-order valence-electron chi connectivity index (χ0n) is 25.5. The second kappa shape index (κ2) is 12.4. The molecule has 45 heavy (non-hydrogen) atoms. The molecular weight excluding hydrogens is 609 g/mol. The van der Waals surface area contributed by atoms with Crippen molar-refractivity contribution in [3.8, 4) is 0 Å². The molecule has 4 aliphatic rings. The van der Waals surface area contributed by atoms with Crippen molar-refractivity contribution in [1.82, 2.24) is 4.90 Å². The number of hydrogen-bond acceptors (Lipinski definition) is 10. The normalized spacial score (nSPS) is 36.5. The summed E-state index contributed by atoms with van der Waals surface area (Å²) in [6, 6.07) is 4.28. The van der Waals surface area contributed by atoms with Gasteiger partial charge in [0.1, 0.15) is 18.3 Å². The van der Waals surface area contributed by atoms with Crippen LogP contribution in [0.1, 0.15) is 31.7 Å². The van der Waals surface area contributed by atoms with Crippen LogP contribution in [0.15, 0.2) is 30.9 Å². The minimum atomic E-state index is -3.57. The Kier molecular flexibility index (Phi) is 9.29. The van der Waals surface area contributed by atoms with Gasteiger partial charge in [0, 0.05) is 35.8 Å². The van der Waals surface area contributed by atoms with Crippen LogP contribution >= 0.6 is 0 Å². The molecule has 6 N–H and O–H groups in total. The number of amides is 3. The largest absolute Gasteiger partial charge is 0.394 e. The number of rotatable bonds is 8. The van der Waals surface area contributed by atoms with Gasteiger partial charge >= 0.3 is 0 Å². The number of halogens is 1. The van der Waals surface area contributed by atoms with Crippen molar-refractivity contribution in [3.05, 3.63) is 36.4 Å². The van der Waals surface area contributed by atoms with Crippen LogP contribution in [0.3, 0.4) is 0 Å². The second-order valence-electron chi connectivity index (χ2n) is 12.9. The highest BCUT2D eigenvalue weighted by molar-refractivity contribution is 6.72. The van der Waals surface area contributed by atoms with E-state index in [1.165, 1.54) is 36.2 Å². The number of benzene rings is 1. The molecular formula is C30H42FN3O10Si. The number of carbonyl (C=O) groups excluding carboxylic acids is 3. The molecule has 1 spiro atoms. The summed E-state index contributed by atoms with van der Waals surface area (Å²) < 4.78 is 27.8. The summed E-state index contributed by atoms with van der Waals surface area (Å²) in [5, 5.41) is 52.3. The van der Waals surface area contributed by atoms with Gasteiger partial charge in [-0.1, -0.05) is 13.0 Å². The first-order valence-corrected chi connectivity index (χ1v) is 18.2. The maximum atomic E-state index is 16.1. The third-order valence-electron chi connectivity index (χ3n) is 9.67. The van der Waals surface area contributed by atoms with E-state index in [0.717, 1.165) is 6.42 Å². The standard InChI is InChI=1S/C30H42FN3O10Si/c1-5-10-34-19-9-8-16(32-27(40)25-23(38)22(37)24(39)28(41)43-25)12-18(19)30(29(34)42)15(2)26(45(3,4)31)20(44-30)13-21(36)33-11-6-7-17(33)14-35/h5,8-9,12,15,17,20,22-26,28,35,37-39,41H,1,6-7,10-11,13-14H2,2-4H3,(H,32,40)/t15-,17-,20+,22-,23-,24+,25-,26-,28+,30+/m0/s1. The molecule has 0 bridgehead atoms. The number of anilines is 2. The number of nitrogens with zero attached hydrogens (tertiary/aromatic N) is 2. The fourth-order valence-corrected chi connectivity index (χ4v) is 10.1. The molecule has 4 heterocycles. The van der Waals surface area contributed by atoms with Gasteiger partial charge in [-0.25, -0.2) is 0 Å². The van der Waals surface area contributed by atoms with E-state index in [9.17, 15) is 39.9 Å². The average Bonchev–Trinajstić information content (AvgIpc) is 3.64. The van der Waals surface area contributed by atoms with Gasteiger partial charge in [-0.05, 0) is 44.1 Å². The molecule has 0 unspecified atom stereocenters. The Morgan fingerprint density at radius 3 is 2.56 bits per heavy atom. The van der Waals surface area contributed by atoms with Crippen molar-refractivity contribution < 1.29 is 53.5 Å². The third-order valence-corrected chi connectivity index (χ3v) is 12.1. The Balaban J connectivity index is 1.50. The summed E-state index contributed by atoms with van der Waals surface area (Å²) >= 11 is 0. The van der Waals surface area contributed by atoms with Gasteiger partial charge in [0.05, 0.1) is 30.9 Å². The van der Waals surface area contributed by atoms with E-state index in [-0.39, 0.29) is 37.2 Å². The number of fused-ring (bicyclic) bond motifs is 2. The lowest BCUT2D eigenvalue weighted by Crippen LogP contribution is -2.60. The number of aliphatic hydroxyl groups excluding tert-OH is 5. The van der Waals surface area contributed by atoms with Gasteiger partial charge in [-0.2, -0.15) is 0 Å². The number of ether oxygens (including phenoxy) is 2. The summed E-state index contributed by atoms with van der Waals surface area (Å²) in [6.45, 7) is 8.95. The molecule has 3 saturated heterocycles. The molecule has 10 atom stereocenters. The quantitative estimate of drug-likeness (QED) is 0.128. The molecule has 1 aromatic carbocycles. The lowest BCUT2D eigenvalue weighted by atomic mass is 9.82. The number of carbonyl (C=O) groups is 3. The first-order valence-electron chi connectivity index (χ1n) is 15.2. The van der Waals surface area contributed by atoms with Gasteiger partial charge in [-0.3, -0.25) is 14.4 Å². The highest BCUT2D eigenvalue weighted by atomic mass is 28.4. The van der Waals surface area contributed by atoms with Crippen molar-refractivity contribution in [1.29, 1.82) is 0 Å². The predicted octanol–water partition coefficient (Wildman–Crippen LogP) is 0.106. The SMILES string of the molecule is C=CCN1C(=O)[C@]2(O[C@H](CC(=O)N3CCC[C@H]3CO)[C@@H]([Si](C)(C)F)[C@@H]2C)c2cc(NC(=O)[C@H]3O[C@@H](O)[C@H](O)[C@@H](O)[C@@H]3O)ccc21. The van der Waals surface area contributed by atoms with Gasteiger partial charge in [0.25, 0.3) is 11.8 Å². The molecule has 0 saturated carbocycles. The predicted molar refractivity (Wildman–Crippen MR) is 161 cm³/mol. The summed E-state index contributed by atoms with van der Waals surface area (Å²) in [4.78, 5) is 43.9. The van der Waals surface area contributed by atoms with Crippen molar-refractivity contribution >= 4 is 37.5 Å². The van der Waals surface area contributed by atoms with Crippen LogP contribution < -0.4 is 10.2 Å². The van der Waals surface area contributed by atoms with Crippen LogP contribution in [0.2, 0.25) is 18.6 Å². The highest BCUT2D eigenvalue weighted by Crippen LogP contribution is 2.60. The molecule has 1 aromatic rings. The molecule has 4 aliphatic heterocycles. The molecule has 3 fully saturated rings. The van der Waals surface area contributed by atoms with Crippen molar-refractivity contribution in [3.63, 3.8) is 0 Å². The topological polar surface area (TPSA) is 189 Å². The number of nitrogens with one attached hydrogen (secondary N) is 1. The van der Waals surface area contributed by atoms with E-state index < -0.39 is 74.1 Å². The lowest BCUT2D eigenvalue weighted by molar-refractivity contribution is -0.274. The molecule has 3 amide bonds. The lowest BCUT2D eigenvalue weighted by Gasteiger charge is -2.37. The summed E-state index contributed by atoms with van der Waals surface area (Å²) in [6.07, 6.45) is -7.30. The van der Waals surface area contributed by atoms with E-state index in [1.54, 1.807) is 17.9 Å². The van der Waals surface area contributed by atoms with E-state index in [4.69, 9.17) is 9.47 Å². The number of aliphatic hydroxyl groups is 5. The van der Waals surface area contributed by atoms with Crippen molar-refractivity contribution in [2.75, 3.05) is 29.9 Å². The van der Waals surface area contributed by atoms with Gasteiger partial charge < -0.3 is 54.2 Å². The van der Waals surface area contributed by atoms with E-state index in [1.807, 2.05) is 0 Å². The Morgan fingerprint density at radius 2 is 1.91 bits per heavy atom. The smallest absolute Gasteiger partial charge is 0.264 e. The van der Waals surface area contributed by atoms with E-state index >= 15 is 4.11 Å². The monoisotopic (exact) mass is 651 g/mol. The zero-order valence-corrected chi connectivity index (χ0v) is 26.5. The van der Waals surface area contributed by atoms with Crippen LogP contribution in [0.5, 0.6) is 0 Å². The Bertz CT molecular complexity index is 1350. The van der Waals surface area contributed by atoms with E-state index in [0.29, 0.717) is 24.2 Å². The van der Waals surface area contributed by atoms with Crippen LogP contribution in [0.25, 0.3) is 0 Å². The Labute approximate surface area is 261 Å². The van der Waals surface area contributed by atoms with Gasteiger partial charge in [0.2, 0.25) is 14.3 Å². The fourth-order valence-electron chi connectivity index (χ4n) is 7.57. The maximum absolute atomic E-state index is 16.1. The fraction of sp³-hybridized carbons (Fsp3) is 0.633. The molecule has 0 aliphatic carbocycles. The Morgan fingerprint density at radius 1 is 1.20 bits per heavy atom. The minimum Gasteiger partial charge on any atom is -0.394 e. The molecule has 0 radical (unpaired) electrons. The van der Waals surface area contributed by atoms with Crippen LogP contribution in [0.4, 0.5) is 15.5 Å². The Hall–Kier alpha value is -2.76. The second-order valence-corrected chi connectivity index (χ2v) is 16.7. The third kappa shape index (κ3) is 5.63. The van der Waals surface area contributed by atoms with Gasteiger partial charge in [0.15, 0.2) is 18.0 Å². The first kappa shape index (κ1) is 33.6. The summed E-state index contributed by atoms with van der Waals surface area (Å²) in [7, 11) is -3.57. The van der Waals surface area contributed by atoms with E-state index in [2.05, 4.69) is 11.9 Å². The van der Waals surface area contributed by atoms with Crippen LogP contribution in [-0.4, -0.2) is 119 Å². The molecule has 13 nitrogen and oxygen atoms in total. The molecule has 5 rings (SSSR count). The average molecular weight is 652 g/mol. The van der Waals surface area contributed by atoms with Crippen molar-refractivity contribution in [2.24, 2.45) is 5.92 Å². The number of hydrogen-bond donors (Lipinski definition) is 6. The molecule has 0 aromatic heterocycles. The maximum Gasteiger partial charge on any atom is 0.264 e. The minimum absolute atomic E-state index is 0.117.